The molecule has 4 rings (SSSR count). The average molecular weight is 276 g/mol. The van der Waals surface area contributed by atoms with E-state index in [-0.39, 0.29) is 5.56 Å². The molecule has 0 atom stereocenters. The number of aromatic nitrogens is 2. The minimum Gasteiger partial charge on any atom is -0.460 e. The quantitative estimate of drug-likeness (QED) is 0.535. The molecule has 2 aromatic carbocycles. The Morgan fingerprint density at radius 2 is 1.71 bits per heavy atom. The zero-order valence-electron chi connectivity index (χ0n) is 11.4. The van der Waals surface area contributed by atoms with Gasteiger partial charge in [0.25, 0.3) is 5.56 Å². The molecule has 0 aromatic heterocycles. The van der Waals surface area contributed by atoms with Gasteiger partial charge in [-0.1, -0.05) is 30.3 Å². The van der Waals surface area contributed by atoms with Gasteiger partial charge in [-0.25, -0.2) is 0 Å². The average Bonchev–Trinajstić information content (AvgIpc) is 2.87. The van der Waals surface area contributed by atoms with Crippen LogP contribution in [0.4, 0.5) is 0 Å². The highest BCUT2D eigenvalue weighted by atomic mass is 16.3. The van der Waals surface area contributed by atoms with Gasteiger partial charge in [0.2, 0.25) is 0 Å². The fourth-order valence-corrected chi connectivity index (χ4v) is 2.62. The molecule has 0 radical (unpaired) electrons. The topological polar surface area (TPSA) is 48.0 Å². The molecule has 0 bridgehead atoms. The van der Waals surface area contributed by atoms with Crippen LogP contribution in [-0.2, 0) is 0 Å². The van der Waals surface area contributed by atoms with E-state index in [9.17, 15) is 4.79 Å². The smallest absolute Gasteiger partial charge is 0.284 e. The largest absolute Gasteiger partial charge is 0.460 e. The van der Waals surface area contributed by atoms with Crippen molar-refractivity contribution in [2.24, 2.45) is 0 Å². The molecule has 4 nitrogen and oxygen atoms in total. The monoisotopic (exact) mass is 276 g/mol. The van der Waals surface area contributed by atoms with Crippen molar-refractivity contribution in [3.05, 3.63) is 70.7 Å². The number of hydrogen-bond donors (Lipinski definition) is 0. The van der Waals surface area contributed by atoms with E-state index in [4.69, 9.17) is 4.42 Å². The fraction of sp³-hybridized carbons (Fsp3) is 0.0588. The number of aryl methyl sites for hydroxylation is 1. The van der Waals surface area contributed by atoms with E-state index in [1.165, 1.54) is 4.68 Å². The standard InChI is InChI=1S/C17H12N2O2/c1-11-15-16(13-9-5-6-10-14(13)21-11)18-19(17(15)20)12-7-3-2-4-8-12/h2-10H,1H3. The van der Waals surface area contributed by atoms with Crippen molar-refractivity contribution in [1.29, 1.82) is 0 Å². The second-order valence-electron chi connectivity index (χ2n) is 4.93. The highest BCUT2D eigenvalue weighted by Crippen LogP contribution is 2.30. The second kappa shape index (κ2) is 4.31. The van der Waals surface area contributed by atoms with Gasteiger partial charge >= 0.3 is 0 Å². The molecule has 21 heavy (non-hydrogen) atoms. The third-order valence-electron chi connectivity index (χ3n) is 3.60. The Morgan fingerprint density at radius 3 is 2.52 bits per heavy atom. The van der Waals surface area contributed by atoms with E-state index in [2.05, 4.69) is 5.10 Å². The van der Waals surface area contributed by atoms with Gasteiger partial charge in [0.1, 0.15) is 22.6 Å². The molecule has 102 valence electrons. The zero-order valence-corrected chi connectivity index (χ0v) is 11.4. The summed E-state index contributed by atoms with van der Waals surface area (Å²) in [6, 6.07) is 17.0. The molecule has 0 N–H and O–H groups in total. The Kier molecular flexibility index (Phi) is 2.44. The van der Waals surface area contributed by atoms with Crippen LogP contribution in [0, 0.1) is 6.92 Å². The number of fused-ring (bicyclic) bond motifs is 3. The van der Waals surface area contributed by atoms with E-state index >= 15 is 0 Å². The van der Waals surface area contributed by atoms with Crippen LogP contribution in [-0.4, -0.2) is 9.78 Å². The number of nitrogens with zero attached hydrogens (tertiary/aromatic N) is 2. The van der Waals surface area contributed by atoms with Gasteiger partial charge in [-0.2, -0.15) is 9.78 Å². The molecule has 4 heteroatoms. The van der Waals surface area contributed by atoms with E-state index < -0.39 is 0 Å². The summed E-state index contributed by atoms with van der Waals surface area (Å²) in [6.45, 7) is 1.80. The lowest BCUT2D eigenvalue weighted by Gasteiger charge is -2.04. The Labute approximate surface area is 120 Å². The van der Waals surface area contributed by atoms with Gasteiger partial charge in [0, 0.05) is 5.39 Å². The SMILES string of the molecule is Cc1oc2ccccc2c2nn(-c3ccccc3)c(=O)c1-2. The maximum Gasteiger partial charge on any atom is 0.284 e. The Morgan fingerprint density at radius 1 is 1.00 bits per heavy atom. The lowest BCUT2D eigenvalue weighted by Crippen LogP contribution is -2.14. The summed E-state index contributed by atoms with van der Waals surface area (Å²) in [4.78, 5) is 12.6. The molecular formula is C17H12N2O2. The van der Waals surface area contributed by atoms with Crippen LogP contribution < -0.4 is 5.56 Å². The van der Waals surface area contributed by atoms with Crippen molar-refractivity contribution < 1.29 is 4.42 Å². The van der Waals surface area contributed by atoms with Gasteiger partial charge in [-0.15, -0.1) is 0 Å². The first kappa shape index (κ1) is 11.9. The number of hydrogen-bond acceptors (Lipinski definition) is 3. The predicted octanol–water partition coefficient (Wildman–Crippen LogP) is 3.39. The molecule has 0 aliphatic carbocycles. The molecule has 2 aliphatic rings. The van der Waals surface area contributed by atoms with Crippen molar-refractivity contribution >= 4 is 11.0 Å². The van der Waals surface area contributed by atoms with Gasteiger partial charge in [-0.3, -0.25) is 4.79 Å². The first-order valence-electron chi connectivity index (χ1n) is 6.72. The molecule has 0 amide bonds. The van der Waals surface area contributed by atoms with Crippen LogP contribution in [0.3, 0.4) is 0 Å². The van der Waals surface area contributed by atoms with E-state index in [0.29, 0.717) is 17.0 Å². The van der Waals surface area contributed by atoms with Gasteiger partial charge in [0.15, 0.2) is 0 Å². The van der Waals surface area contributed by atoms with Crippen LogP contribution in [0.25, 0.3) is 27.9 Å². The minimum absolute atomic E-state index is 0.150. The lowest BCUT2D eigenvalue weighted by atomic mass is 10.1. The second-order valence-corrected chi connectivity index (χ2v) is 4.93. The molecular weight excluding hydrogens is 264 g/mol. The van der Waals surface area contributed by atoms with Crippen LogP contribution in [0.1, 0.15) is 5.76 Å². The summed E-state index contributed by atoms with van der Waals surface area (Å²) in [5.74, 6) is 0.593. The van der Waals surface area contributed by atoms with Crippen molar-refractivity contribution in [3.63, 3.8) is 0 Å². The third kappa shape index (κ3) is 1.69. The van der Waals surface area contributed by atoms with Gasteiger partial charge in [0.05, 0.1) is 5.69 Å². The molecule has 0 spiro atoms. The summed E-state index contributed by atoms with van der Waals surface area (Å²) in [6.07, 6.45) is 0. The van der Waals surface area contributed by atoms with E-state index in [0.717, 1.165) is 16.7 Å². The molecule has 2 aliphatic heterocycles. The summed E-state index contributed by atoms with van der Waals surface area (Å²) >= 11 is 0. The molecule has 0 unspecified atom stereocenters. The lowest BCUT2D eigenvalue weighted by molar-refractivity contribution is 0.567. The highest BCUT2D eigenvalue weighted by molar-refractivity contribution is 5.92. The third-order valence-corrected chi connectivity index (χ3v) is 3.60. The Balaban J connectivity index is 2.15. The van der Waals surface area contributed by atoms with Crippen molar-refractivity contribution in [2.45, 2.75) is 6.92 Å². The Hall–Kier alpha value is -2.88. The fourth-order valence-electron chi connectivity index (χ4n) is 2.62. The molecule has 0 saturated heterocycles. The molecule has 2 aromatic rings. The number of rotatable bonds is 1. The van der Waals surface area contributed by atoms with Gasteiger partial charge in [-0.05, 0) is 31.2 Å². The maximum atomic E-state index is 12.6. The maximum absolute atomic E-state index is 12.6. The van der Waals surface area contributed by atoms with Crippen LogP contribution in [0.5, 0.6) is 0 Å². The minimum atomic E-state index is -0.150. The Bertz CT molecular complexity index is 967. The van der Waals surface area contributed by atoms with Crippen molar-refractivity contribution in [3.8, 4) is 16.9 Å². The van der Waals surface area contributed by atoms with Gasteiger partial charge < -0.3 is 4.42 Å². The van der Waals surface area contributed by atoms with Crippen LogP contribution in [0.15, 0.2) is 63.8 Å². The number of para-hydroxylation sites is 2. The molecule has 0 fully saturated rings. The highest BCUT2D eigenvalue weighted by Gasteiger charge is 2.22. The predicted molar refractivity (Wildman–Crippen MR) is 81.0 cm³/mol. The van der Waals surface area contributed by atoms with E-state index in [1.54, 1.807) is 6.92 Å². The summed E-state index contributed by atoms with van der Waals surface area (Å²) in [5.41, 5.74) is 2.56. The normalized spacial score (nSPS) is 11.3. The summed E-state index contributed by atoms with van der Waals surface area (Å²) in [7, 11) is 0. The van der Waals surface area contributed by atoms with Crippen LogP contribution >= 0.6 is 0 Å². The summed E-state index contributed by atoms with van der Waals surface area (Å²) in [5, 5.41) is 5.37. The van der Waals surface area contributed by atoms with Crippen molar-refractivity contribution in [2.75, 3.05) is 0 Å². The van der Waals surface area contributed by atoms with Crippen molar-refractivity contribution in [1.82, 2.24) is 9.78 Å². The number of benzene rings is 2. The molecule has 0 saturated carbocycles. The zero-order chi connectivity index (χ0) is 14.4. The van der Waals surface area contributed by atoms with E-state index in [1.807, 2.05) is 54.6 Å². The molecule has 2 heterocycles. The van der Waals surface area contributed by atoms with Crippen LogP contribution in [0.2, 0.25) is 0 Å². The first-order chi connectivity index (χ1) is 10.3. The first-order valence-corrected chi connectivity index (χ1v) is 6.72. The summed E-state index contributed by atoms with van der Waals surface area (Å²) < 4.78 is 7.18.